The van der Waals surface area contributed by atoms with Crippen molar-refractivity contribution in [1.29, 1.82) is 0 Å². The predicted molar refractivity (Wildman–Crippen MR) is 178 cm³/mol. The summed E-state index contributed by atoms with van der Waals surface area (Å²) in [6.07, 6.45) is 0. The fraction of sp³-hybridized carbons (Fsp3) is 0. The average Bonchev–Trinajstić information content (AvgIpc) is 3.62. The third-order valence-corrected chi connectivity index (χ3v) is 8.25. The summed E-state index contributed by atoms with van der Waals surface area (Å²) in [5, 5.41) is 4.45. The van der Waals surface area contributed by atoms with Gasteiger partial charge in [0.15, 0.2) is 11.6 Å². The van der Waals surface area contributed by atoms with Gasteiger partial charge < -0.3 is 4.42 Å². The molecule has 0 radical (unpaired) electrons. The van der Waals surface area contributed by atoms with Crippen molar-refractivity contribution in [3.05, 3.63) is 146 Å². The van der Waals surface area contributed by atoms with Crippen molar-refractivity contribution in [1.82, 2.24) is 19.5 Å². The second kappa shape index (κ2) is 9.75. The summed E-state index contributed by atoms with van der Waals surface area (Å²) in [4.78, 5) is 15.2. The van der Waals surface area contributed by atoms with Crippen LogP contribution >= 0.6 is 0 Å². The number of hydrogen-bond acceptors (Lipinski definition) is 4. The molecule has 3 heterocycles. The van der Waals surface area contributed by atoms with Crippen LogP contribution in [0.4, 0.5) is 0 Å². The minimum absolute atomic E-state index is 0.556. The number of furan rings is 1. The van der Waals surface area contributed by atoms with E-state index in [1.807, 2.05) is 48.5 Å². The Labute approximate surface area is 252 Å². The topological polar surface area (TPSA) is 56.7 Å². The van der Waals surface area contributed by atoms with E-state index in [4.69, 9.17) is 19.4 Å². The molecule has 0 aliphatic carbocycles. The van der Waals surface area contributed by atoms with Crippen molar-refractivity contribution < 1.29 is 4.42 Å². The van der Waals surface area contributed by atoms with E-state index < -0.39 is 0 Å². The van der Waals surface area contributed by atoms with Crippen LogP contribution in [0.3, 0.4) is 0 Å². The SMILES string of the molecule is c1ccc(-c2cccc(-c3nc(-c4ccccc4)nc(-n4c5ccccc5c5cc6c(cc54)oc4ccccc46)n3)c2)cc1. The second-order valence-corrected chi connectivity index (χ2v) is 10.9. The molecule has 0 aliphatic rings. The highest BCUT2D eigenvalue weighted by Crippen LogP contribution is 2.38. The summed E-state index contributed by atoms with van der Waals surface area (Å²) in [6, 6.07) is 49.8. The molecule has 5 nitrogen and oxygen atoms in total. The molecular weight excluding hydrogens is 540 g/mol. The molecule has 0 spiro atoms. The smallest absolute Gasteiger partial charge is 0.238 e. The Morgan fingerprint density at radius 1 is 0.386 bits per heavy atom. The maximum atomic E-state index is 6.32. The Kier molecular flexibility index (Phi) is 5.43. The number of nitrogens with zero attached hydrogens (tertiary/aromatic N) is 4. The summed E-state index contributed by atoms with van der Waals surface area (Å²) < 4.78 is 8.46. The van der Waals surface area contributed by atoms with Gasteiger partial charge in [-0.25, -0.2) is 4.98 Å². The Bertz CT molecular complexity index is 2490. The molecule has 9 aromatic rings. The summed E-state index contributed by atoms with van der Waals surface area (Å²) in [5.74, 6) is 1.79. The van der Waals surface area contributed by atoms with E-state index in [-0.39, 0.29) is 0 Å². The molecule has 0 atom stereocenters. The van der Waals surface area contributed by atoms with Gasteiger partial charge in [-0.15, -0.1) is 0 Å². The standard InChI is InChI=1S/C39H24N4O/c1-3-12-25(13-4-1)27-16-11-17-28(22-27)38-40-37(26-14-5-2-6-15-26)41-39(42-38)43-33-20-9-7-18-29(33)31-23-32-30-19-8-10-21-35(30)44-36(32)24-34(31)43/h1-24H. The zero-order chi connectivity index (χ0) is 29.0. The summed E-state index contributed by atoms with van der Waals surface area (Å²) in [6.45, 7) is 0. The Morgan fingerprint density at radius 2 is 1.02 bits per heavy atom. The van der Waals surface area contributed by atoms with Crippen LogP contribution in [0.1, 0.15) is 0 Å². The minimum atomic E-state index is 0.556. The van der Waals surface area contributed by atoms with Gasteiger partial charge in [0.25, 0.3) is 0 Å². The van der Waals surface area contributed by atoms with Crippen molar-refractivity contribution in [2.75, 3.05) is 0 Å². The van der Waals surface area contributed by atoms with Crippen molar-refractivity contribution >= 4 is 43.7 Å². The molecule has 0 unspecified atom stereocenters. The third kappa shape index (κ3) is 3.91. The molecule has 0 bridgehead atoms. The first-order chi connectivity index (χ1) is 21.8. The van der Waals surface area contributed by atoms with Crippen LogP contribution in [0.15, 0.2) is 150 Å². The number of aromatic nitrogens is 4. The van der Waals surface area contributed by atoms with Crippen LogP contribution in [0.25, 0.3) is 83.6 Å². The molecule has 0 saturated heterocycles. The third-order valence-electron chi connectivity index (χ3n) is 8.25. The number of fused-ring (bicyclic) bond motifs is 6. The number of rotatable bonds is 4. The zero-order valence-electron chi connectivity index (χ0n) is 23.6. The Hall–Kier alpha value is -6.07. The number of hydrogen-bond donors (Lipinski definition) is 0. The van der Waals surface area contributed by atoms with Gasteiger partial charge in [0.2, 0.25) is 5.95 Å². The lowest BCUT2D eigenvalue weighted by Gasteiger charge is -2.11. The van der Waals surface area contributed by atoms with Gasteiger partial charge in [-0.1, -0.05) is 115 Å². The van der Waals surface area contributed by atoms with E-state index in [1.165, 1.54) is 0 Å². The molecule has 0 N–H and O–H groups in total. The van der Waals surface area contributed by atoms with E-state index >= 15 is 0 Å². The zero-order valence-corrected chi connectivity index (χ0v) is 23.6. The molecule has 9 rings (SSSR count). The van der Waals surface area contributed by atoms with Gasteiger partial charge in [0.05, 0.1) is 11.0 Å². The molecule has 0 aliphatic heterocycles. The number of benzene rings is 6. The van der Waals surface area contributed by atoms with Gasteiger partial charge in [-0.05, 0) is 35.4 Å². The Balaban J connectivity index is 1.33. The fourth-order valence-electron chi connectivity index (χ4n) is 6.18. The van der Waals surface area contributed by atoms with Crippen LogP contribution in [0.2, 0.25) is 0 Å². The molecular formula is C39H24N4O. The van der Waals surface area contributed by atoms with Gasteiger partial charge >= 0.3 is 0 Å². The molecule has 5 heteroatoms. The van der Waals surface area contributed by atoms with Gasteiger partial charge in [-0.3, -0.25) is 4.57 Å². The minimum Gasteiger partial charge on any atom is -0.456 e. The fourth-order valence-corrected chi connectivity index (χ4v) is 6.18. The normalized spacial score (nSPS) is 11.6. The summed E-state index contributed by atoms with van der Waals surface area (Å²) in [5.41, 5.74) is 7.80. The summed E-state index contributed by atoms with van der Waals surface area (Å²) >= 11 is 0. The lowest BCUT2D eigenvalue weighted by molar-refractivity contribution is 0.669. The maximum Gasteiger partial charge on any atom is 0.238 e. The van der Waals surface area contributed by atoms with Crippen LogP contribution in [0, 0.1) is 0 Å². The van der Waals surface area contributed by atoms with Gasteiger partial charge in [0, 0.05) is 38.7 Å². The van der Waals surface area contributed by atoms with Crippen molar-refractivity contribution in [2.24, 2.45) is 0 Å². The van der Waals surface area contributed by atoms with Gasteiger partial charge in [0.1, 0.15) is 11.2 Å². The quantitative estimate of drug-likeness (QED) is 0.213. The van der Waals surface area contributed by atoms with E-state index in [0.29, 0.717) is 17.6 Å². The summed E-state index contributed by atoms with van der Waals surface area (Å²) in [7, 11) is 0. The second-order valence-electron chi connectivity index (χ2n) is 10.9. The molecule has 3 aromatic heterocycles. The van der Waals surface area contributed by atoms with E-state index in [0.717, 1.165) is 66.0 Å². The number of para-hydroxylation sites is 2. The first kappa shape index (κ1) is 24.5. The van der Waals surface area contributed by atoms with Crippen LogP contribution < -0.4 is 0 Å². The predicted octanol–water partition coefficient (Wildman–Crippen LogP) is 9.87. The highest BCUT2D eigenvalue weighted by atomic mass is 16.3. The van der Waals surface area contributed by atoms with Crippen molar-refractivity contribution in [3.8, 4) is 39.9 Å². The monoisotopic (exact) mass is 564 g/mol. The molecule has 6 aromatic carbocycles. The lowest BCUT2D eigenvalue weighted by Crippen LogP contribution is -2.06. The Morgan fingerprint density at radius 3 is 1.84 bits per heavy atom. The first-order valence-electron chi connectivity index (χ1n) is 14.6. The molecule has 44 heavy (non-hydrogen) atoms. The molecule has 0 amide bonds. The van der Waals surface area contributed by atoms with Crippen LogP contribution in [0.5, 0.6) is 0 Å². The molecule has 0 saturated carbocycles. The van der Waals surface area contributed by atoms with Crippen molar-refractivity contribution in [2.45, 2.75) is 0 Å². The lowest BCUT2D eigenvalue weighted by atomic mass is 10.0. The largest absolute Gasteiger partial charge is 0.456 e. The molecule has 206 valence electrons. The van der Waals surface area contributed by atoms with E-state index in [2.05, 4.69) is 102 Å². The van der Waals surface area contributed by atoms with Gasteiger partial charge in [-0.2, -0.15) is 9.97 Å². The van der Waals surface area contributed by atoms with E-state index in [9.17, 15) is 0 Å². The molecule has 0 fully saturated rings. The van der Waals surface area contributed by atoms with Crippen LogP contribution in [-0.4, -0.2) is 19.5 Å². The van der Waals surface area contributed by atoms with E-state index in [1.54, 1.807) is 0 Å². The highest BCUT2D eigenvalue weighted by Gasteiger charge is 2.20. The maximum absolute atomic E-state index is 6.32. The van der Waals surface area contributed by atoms with Crippen LogP contribution in [-0.2, 0) is 0 Å². The average molecular weight is 565 g/mol. The first-order valence-corrected chi connectivity index (χ1v) is 14.6. The van der Waals surface area contributed by atoms with Crippen molar-refractivity contribution in [3.63, 3.8) is 0 Å². The highest BCUT2D eigenvalue weighted by molar-refractivity contribution is 6.17.